The molecule has 2 aliphatic rings. The summed E-state index contributed by atoms with van der Waals surface area (Å²) < 4.78 is 11.1. The van der Waals surface area contributed by atoms with E-state index in [0.29, 0.717) is 49.5 Å². The second-order valence-corrected chi connectivity index (χ2v) is 9.89. The van der Waals surface area contributed by atoms with Crippen molar-refractivity contribution in [3.05, 3.63) is 41.3 Å². The molecule has 9 nitrogen and oxygen atoms in total. The minimum absolute atomic E-state index is 0.00560. The highest BCUT2D eigenvalue weighted by atomic mass is 16.5. The van der Waals surface area contributed by atoms with E-state index in [1.807, 2.05) is 26.0 Å². The van der Waals surface area contributed by atoms with Gasteiger partial charge in [-0.15, -0.1) is 0 Å². The van der Waals surface area contributed by atoms with Gasteiger partial charge in [0.05, 0.1) is 17.7 Å². The number of benzene rings is 1. The molecule has 190 valence electrons. The number of hydrogen-bond donors (Lipinski definition) is 2. The lowest BCUT2D eigenvalue weighted by atomic mass is 10.0. The number of likely N-dealkylation sites (tertiary alicyclic amines) is 1. The van der Waals surface area contributed by atoms with Crippen LogP contribution in [-0.4, -0.2) is 71.1 Å². The summed E-state index contributed by atoms with van der Waals surface area (Å²) in [5.74, 6) is 1.24. The molecule has 2 aromatic heterocycles. The van der Waals surface area contributed by atoms with Crippen molar-refractivity contribution in [2.75, 3.05) is 33.4 Å². The summed E-state index contributed by atoms with van der Waals surface area (Å²) >= 11 is 0. The van der Waals surface area contributed by atoms with E-state index in [4.69, 9.17) is 9.47 Å². The first-order valence-electron chi connectivity index (χ1n) is 12.6. The molecule has 2 amide bonds. The van der Waals surface area contributed by atoms with Crippen molar-refractivity contribution in [1.29, 1.82) is 0 Å². The van der Waals surface area contributed by atoms with Crippen molar-refractivity contribution in [3.63, 3.8) is 0 Å². The van der Waals surface area contributed by atoms with Crippen LogP contribution in [0.4, 0.5) is 0 Å². The Morgan fingerprint density at radius 1 is 1.14 bits per heavy atom. The minimum atomic E-state index is -0.167. The van der Waals surface area contributed by atoms with E-state index in [9.17, 15) is 9.59 Å². The number of carbonyl (C=O) groups is 2. The van der Waals surface area contributed by atoms with E-state index in [1.54, 1.807) is 4.90 Å². The number of hydrogen-bond acceptors (Lipinski definition) is 6. The van der Waals surface area contributed by atoms with Crippen LogP contribution in [0.2, 0.25) is 0 Å². The average molecular weight is 492 g/mol. The first-order chi connectivity index (χ1) is 17.4. The van der Waals surface area contributed by atoms with Crippen LogP contribution in [0, 0.1) is 19.8 Å². The number of H-pyrrole nitrogens is 1. The Kier molecular flexibility index (Phi) is 6.91. The molecule has 0 bridgehead atoms. The molecule has 0 atom stereocenters. The van der Waals surface area contributed by atoms with Gasteiger partial charge in [-0.05, 0) is 57.6 Å². The fourth-order valence-electron chi connectivity index (χ4n) is 4.80. The highest BCUT2D eigenvalue weighted by Crippen LogP contribution is 2.37. The van der Waals surface area contributed by atoms with Gasteiger partial charge in [-0.25, -0.2) is 9.97 Å². The zero-order valence-electron chi connectivity index (χ0n) is 21.1. The van der Waals surface area contributed by atoms with Crippen LogP contribution in [0.15, 0.2) is 24.5 Å². The molecular weight excluding hydrogens is 458 g/mol. The van der Waals surface area contributed by atoms with Gasteiger partial charge in [0.2, 0.25) is 5.91 Å². The quantitative estimate of drug-likeness (QED) is 0.500. The lowest BCUT2D eigenvalue weighted by Gasteiger charge is -2.32. The molecule has 1 aliphatic carbocycles. The second-order valence-electron chi connectivity index (χ2n) is 9.89. The highest BCUT2D eigenvalue weighted by molar-refractivity contribution is 6.09. The Morgan fingerprint density at radius 3 is 2.64 bits per heavy atom. The fraction of sp³-hybridized carbons (Fsp3) is 0.481. The van der Waals surface area contributed by atoms with Gasteiger partial charge < -0.3 is 24.7 Å². The maximum absolute atomic E-state index is 13.4. The van der Waals surface area contributed by atoms with Gasteiger partial charge in [-0.1, -0.05) is 11.6 Å². The van der Waals surface area contributed by atoms with E-state index < -0.39 is 0 Å². The Hall–Kier alpha value is -3.46. The van der Waals surface area contributed by atoms with Crippen LogP contribution in [0.3, 0.4) is 0 Å². The van der Waals surface area contributed by atoms with Gasteiger partial charge in [0.25, 0.3) is 5.91 Å². The standard InChI is InChI=1S/C27H33N5O4/c1-16-4-7-21(36-13-18-5-6-18)20(12-16)24-26-25(29-15-28-24)23(17(2)30-26)27(34)31-19-8-10-32(11-9-19)22(33)14-35-3/h4,7,12,15,18-19,30H,5-6,8-11,13-14H2,1-3H3,(H,31,34). The van der Waals surface area contributed by atoms with Crippen LogP contribution < -0.4 is 10.1 Å². The van der Waals surface area contributed by atoms with E-state index in [-0.39, 0.29) is 24.5 Å². The topological polar surface area (TPSA) is 109 Å². The van der Waals surface area contributed by atoms with Crippen molar-refractivity contribution >= 4 is 22.8 Å². The SMILES string of the molecule is COCC(=O)N1CCC(NC(=O)c2c(C)[nH]c3c(-c4cc(C)ccc4OCC4CC4)ncnc23)CC1. The number of aromatic nitrogens is 3. The van der Waals surface area contributed by atoms with E-state index >= 15 is 0 Å². The molecule has 36 heavy (non-hydrogen) atoms. The number of fused-ring (bicyclic) bond motifs is 1. The molecule has 0 radical (unpaired) electrons. The Labute approximate surface area is 210 Å². The molecule has 0 unspecified atom stereocenters. The van der Waals surface area contributed by atoms with Crippen LogP contribution in [-0.2, 0) is 9.53 Å². The third kappa shape index (κ3) is 5.06. The first-order valence-corrected chi connectivity index (χ1v) is 12.6. The zero-order chi connectivity index (χ0) is 25.2. The molecule has 2 fully saturated rings. The monoisotopic (exact) mass is 491 g/mol. The molecule has 1 aromatic carbocycles. The number of rotatable bonds is 8. The van der Waals surface area contributed by atoms with Crippen LogP contribution in [0.5, 0.6) is 5.75 Å². The number of amides is 2. The maximum Gasteiger partial charge on any atom is 0.255 e. The minimum Gasteiger partial charge on any atom is -0.493 e. The summed E-state index contributed by atoms with van der Waals surface area (Å²) in [6.07, 6.45) is 5.35. The van der Waals surface area contributed by atoms with Gasteiger partial charge in [0, 0.05) is 37.5 Å². The van der Waals surface area contributed by atoms with Crippen molar-refractivity contribution in [2.24, 2.45) is 5.92 Å². The van der Waals surface area contributed by atoms with Crippen LogP contribution in [0.25, 0.3) is 22.3 Å². The summed E-state index contributed by atoms with van der Waals surface area (Å²) in [6, 6.07) is 6.10. The molecule has 3 aromatic rings. The van der Waals surface area contributed by atoms with Gasteiger partial charge >= 0.3 is 0 Å². The first kappa shape index (κ1) is 24.2. The molecule has 5 rings (SSSR count). The smallest absolute Gasteiger partial charge is 0.255 e. The van der Waals surface area contributed by atoms with E-state index in [0.717, 1.165) is 33.8 Å². The van der Waals surface area contributed by atoms with Gasteiger partial charge in [-0.3, -0.25) is 9.59 Å². The van der Waals surface area contributed by atoms with E-state index in [1.165, 1.54) is 26.3 Å². The molecule has 0 spiro atoms. The molecule has 1 saturated heterocycles. The van der Waals surface area contributed by atoms with Gasteiger partial charge in [0.15, 0.2) is 0 Å². The highest BCUT2D eigenvalue weighted by Gasteiger charge is 2.27. The number of carbonyl (C=O) groups excluding carboxylic acids is 2. The average Bonchev–Trinajstić information content (AvgIpc) is 3.63. The van der Waals surface area contributed by atoms with Crippen LogP contribution in [0.1, 0.15) is 47.3 Å². The zero-order valence-corrected chi connectivity index (χ0v) is 21.1. The Bertz CT molecular complexity index is 1270. The van der Waals surface area contributed by atoms with Gasteiger partial charge in [-0.2, -0.15) is 0 Å². The number of nitrogens with one attached hydrogen (secondary N) is 2. The van der Waals surface area contributed by atoms with E-state index in [2.05, 4.69) is 26.3 Å². The lowest BCUT2D eigenvalue weighted by molar-refractivity contribution is -0.136. The summed E-state index contributed by atoms with van der Waals surface area (Å²) in [5, 5.41) is 3.15. The summed E-state index contributed by atoms with van der Waals surface area (Å²) in [6.45, 7) is 5.92. The Morgan fingerprint density at radius 2 is 1.92 bits per heavy atom. The molecule has 2 N–H and O–H groups in total. The predicted octanol–water partition coefficient (Wildman–Crippen LogP) is 3.40. The number of piperidine rings is 1. The summed E-state index contributed by atoms with van der Waals surface area (Å²) in [5.41, 5.74) is 5.31. The number of aryl methyl sites for hydroxylation is 2. The van der Waals surface area contributed by atoms with Crippen molar-refractivity contribution in [1.82, 2.24) is 25.2 Å². The maximum atomic E-state index is 13.4. The summed E-state index contributed by atoms with van der Waals surface area (Å²) in [7, 11) is 1.52. The van der Waals surface area contributed by atoms with Crippen molar-refractivity contribution < 1.29 is 19.1 Å². The molecule has 1 saturated carbocycles. The number of nitrogens with zero attached hydrogens (tertiary/aromatic N) is 3. The predicted molar refractivity (Wildman–Crippen MR) is 136 cm³/mol. The normalized spacial score (nSPS) is 16.4. The number of ether oxygens (including phenoxy) is 2. The number of methoxy groups -OCH3 is 1. The Balaban J connectivity index is 1.38. The number of aromatic amines is 1. The third-order valence-electron chi connectivity index (χ3n) is 7.01. The second kappa shape index (κ2) is 10.3. The molecule has 1 aliphatic heterocycles. The molecule has 9 heteroatoms. The summed E-state index contributed by atoms with van der Waals surface area (Å²) in [4.78, 5) is 39.6. The molecule has 3 heterocycles. The van der Waals surface area contributed by atoms with Crippen molar-refractivity contribution in [3.8, 4) is 17.0 Å². The third-order valence-corrected chi connectivity index (χ3v) is 7.01. The van der Waals surface area contributed by atoms with Crippen LogP contribution >= 0.6 is 0 Å². The largest absolute Gasteiger partial charge is 0.493 e. The molecular formula is C27H33N5O4. The fourth-order valence-corrected chi connectivity index (χ4v) is 4.80. The van der Waals surface area contributed by atoms with Crippen molar-refractivity contribution in [2.45, 2.75) is 45.6 Å². The lowest BCUT2D eigenvalue weighted by Crippen LogP contribution is -2.47. The van der Waals surface area contributed by atoms with Gasteiger partial charge in [0.1, 0.15) is 29.9 Å².